The number of benzene rings is 6. The van der Waals surface area contributed by atoms with Crippen molar-refractivity contribution >= 4 is 32.3 Å². The van der Waals surface area contributed by atoms with Gasteiger partial charge >= 0.3 is 0 Å². The Morgan fingerprint density at radius 1 is 0.486 bits per heavy atom. The summed E-state index contributed by atoms with van der Waals surface area (Å²) in [6.45, 7) is 16.3. The molecule has 184 valence electrons. The Balaban J connectivity index is 0.000000169. The predicted molar refractivity (Wildman–Crippen MR) is 168 cm³/mol. The summed E-state index contributed by atoms with van der Waals surface area (Å²) in [6.07, 6.45) is 5.03. The Hall–Kier alpha value is -4.42. The van der Waals surface area contributed by atoms with Crippen molar-refractivity contribution in [1.29, 1.82) is 0 Å². The highest BCUT2D eigenvalue weighted by atomic mass is 14.1. The molecule has 0 heterocycles. The van der Waals surface area contributed by atoms with E-state index in [2.05, 4.69) is 137 Å². The molecule has 6 rings (SSSR count). The topological polar surface area (TPSA) is 0 Å². The van der Waals surface area contributed by atoms with Crippen LogP contribution < -0.4 is 0 Å². The molecule has 0 saturated carbocycles. The van der Waals surface area contributed by atoms with Crippen LogP contribution in [0.5, 0.6) is 0 Å². The molecular weight excluding hydrogens is 444 g/mol. The normalized spacial score (nSPS) is 9.81. The molecule has 37 heavy (non-hydrogen) atoms. The van der Waals surface area contributed by atoms with Gasteiger partial charge in [-0.2, -0.15) is 0 Å². The number of allylic oxidation sites excluding steroid dienone is 3. The Morgan fingerprint density at radius 3 is 1.54 bits per heavy atom. The average Bonchev–Trinajstić information content (AvgIpc) is 2.94. The number of hydrogen-bond acceptors (Lipinski definition) is 0. The van der Waals surface area contributed by atoms with Gasteiger partial charge in [-0.3, -0.25) is 0 Å². The molecule has 6 aromatic carbocycles. The van der Waals surface area contributed by atoms with Crippen molar-refractivity contribution in [3.8, 4) is 11.1 Å². The maximum absolute atomic E-state index is 3.36. The highest BCUT2D eigenvalue weighted by Crippen LogP contribution is 2.35. The van der Waals surface area contributed by atoms with Crippen molar-refractivity contribution in [3.63, 3.8) is 0 Å². The lowest BCUT2D eigenvalue weighted by atomic mass is 9.92. The van der Waals surface area contributed by atoms with Gasteiger partial charge < -0.3 is 0 Å². The van der Waals surface area contributed by atoms with E-state index >= 15 is 0 Å². The molecular formula is C37H36. The van der Waals surface area contributed by atoms with Gasteiger partial charge in [-0.15, -0.1) is 6.58 Å². The van der Waals surface area contributed by atoms with E-state index in [4.69, 9.17) is 0 Å². The fraction of sp³-hybridized carbons (Fsp3) is 0.0811. The van der Waals surface area contributed by atoms with Gasteiger partial charge in [0, 0.05) is 0 Å². The van der Waals surface area contributed by atoms with Gasteiger partial charge in [-0.05, 0) is 69.8 Å². The van der Waals surface area contributed by atoms with E-state index in [0.717, 1.165) is 0 Å². The largest absolute Gasteiger partial charge is 0.103 e. The predicted octanol–water partition coefficient (Wildman–Crippen LogP) is 11.1. The van der Waals surface area contributed by atoms with E-state index in [9.17, 15) is 0 Å². The van der Waals surface area contributed by atoms with Gasteiger partial charge in [-0.1, -0.05) is 146 Å². The summed E-state index contributed by atoms with van der Waals surface area (Å²) in [5.74, 6) is 0. The van der Waals surface area contributed by atoms with Crippen LogP contribution in [0.4, 0.5) is 0 Å². The molecule has 0 aliphatic heterocycles. The zero-order valence-electron chi connectivity index (χ0n) is 22.2. The Kier molecular flexibility index (Phi) is 10.00. The van der Waals surface area contributed by atoms with Crippen LogP contribution in [-0.4, -0.2) is 0 Å². The molecule has 0 amide bonds. The van der Waals surface area contributed by atoms with E-state index < -0.39 is 0 Å². The summed E-state index contributed by atoms with van der Waals surface area (Å²) in [7, 11) is 0. The Morgan fingerprint density at radius 2 is 0.973 bits per heavy atom. The quantitative estimate of drug-likeness (QED) is 0.131. The molecule has 6 aromatic rings. The highest BCUT2D eigenvalue weighted by Gasteiger charge is 2.08. The first-order valence-corrected chi connectivity index (χ1v) is 12.6. The van der Waals surface area contributed by atoms with Gasteiger partial charge in [0.2, 0.25) is 0 Å². The Labute approximate surface area is 222 Å². The second kappa shape index (κ2) is 13.6. The summed E-state index contributed by atoms with van der Waals surface area (Å²) >= 11 is 0. The van der Waals surface area contributed by atoms with Gasteiger partial charge in [0.05, 0.1) is 0 Å². The minimum atomic E-state index is 1.28. The minimum absolute atomic E-state index is 1.28. The van der Waals surface area contributed by atoms with Crippen LogP contribution in [0.1, 0.15) is 18.1 Å². The Bertz CT molecular complexity index is 1550. The third-order valence-electron chi connectivity index (χ3n) is 6.07. The van der Waals surface area contributed by atoms with Crippen LogP contribution in [-0.2, 0) is 0 Å². The maximum atomic E-state index is 3.36. The van der Waals surface area contributed by atoms with E-state index in [1.54, 1.807) is 18.2 Å². The molecule has 0 nitrogen and oxygen atoms in total. The highest BCUT2D eigenvalue weighted by molar-refractivity contribution is 6.23. The summed E-state index contributed by atoms with van der Waals surface area (Å²) in [6, 6.07) is 38.9. The lowest BCUT2D eigenvalue weighted by Gasteiger charge is -2.11. The van der Waals surface area contributed by atoms with E-state index in [1.165, 1.54) is 54.6 Å². The van der Waals surface area contributed by atoms with Crippen LogP contribution in [0, 0.1) is 13.8 Å². The third-order valence-corrected chi connectivity index (χ3v) is 6.07. The fourth-order valence-electron chi connectivity index (χ4n) is 4.26. The first kappa shape index (κ1) is 27.2. The van der Waals surface area contributed by atoms with Gasteiger partial charge in [0.1, 0.15) is 0 Å². The number of rotatable bonds is 2. The van der Waals surface area contributed by atoms with Gasteiger partial charge in [-0.25, -0.2) is 0 Å². The molecule has 0 aromatic heterocycles. The summed E-state index contributed by atoms with van der Waals surface area (Å²) in [5, 5.41) is 8.23. The standard InChI is InChI=1S/C17H12.C13H12.C4H6.C3H6/c1-11-5-6-14-8-7-12-3-2-4-13-9-10-15(11)17(14)16(12)13;1-11-7-9-13(10-8-11)12-5-3-2-4-6-12;1-3-4-2;1-3-2/h2-10H,1H3;2-10H,1H3;3-4H,1-2H2;3H,1H2,2H3. The van der Waals surface area contributed by atoms with Crippen molar-refractivity contribution in [1.82, 2.24) is 0 Å². The molecule has 0 fully saturated rings. The molecule has 0 bridgehead atoms. The summed E-state index contributed by atoms with van der Waals surface area (Å²) < 4.78 is 0. The van der Waals surface area contributed by atoms with E-state index in [-0.39, 0.29) is 0 Å². The number of hydrogen-bond donors (Lipinski definition) is 0. The first-order chi connectivity index (χ1) is 18.0. The van der Waals surface area contributed by atoms with E-state index in [1.807, 2.05) is 13.0 Å². The summed E-state index contributed by atoms with van der Waals surface area (Å²) in [4.78, 5) is 0. The molecule has 0 unspecified atom stereocenters. The van der Waals surface area contributed by atoms with Gasteiger partial charge in [0.25, 0.3) is 0 Å². The van der Waals surface area contributed by atoms with Gasteiger partial charge in [0.15, 0.2) is 0 Å². The van der Waals surface area contributed by atoms with Crippen LogP contribution in [0.3, 0.4) is 0 Å². The SMILES string of the molecule is C=CC.C=CC=C.Cc1ccc(-c2ccccc2)cc1.Cc1ccc2ccc3cccc4ccc1c2c34. The van der Waals surface area contributed by atoms with Crippen molar-refractivity contribution in [2.75, 3.05) is 0 Å². The van der Waals surface area contributed by atoms with Crippen LogP contribution in [0.2, 0.25) is 0 Å². The molecule has 0 atom stereocenters. The van der Waals surface area contributed by atoms with Crippen LogP contribution >= 0.6 is 0 Å². The molecule has 0 saturated heterocycles. The second-order valence-corrected chi connectivity index (χ2v) is 8.85. The molecule has 0 radical (unpaired) electrons. The lowest BCUT2D eigenvalue weighted by Crippen LogP contribution is -1.85. The zero-order chi connectivity index (χ0) is 26.6. The zero-order valence-corrected chi connectivity index (χ0v) is 22.2. The minimum Gasteiger partial charge on any atom is -0.103 e. The van der Waals surface area contributed by atoms with E-state index in [0.29, 0.717) is 0 Å². The second-order valence-electron chi connectivity index (χ2n) is 8.85. The fourth-order valence-corrected chi connectivity index (χ4v) is 4.26. The van der Waals surface area contributed by atoms with Crippen molar-refractivity contribution in [2.45, 2.75) is 20.8 Å². The lowest BCUT2D eigenvalue weighted by molar-refractivity contribution is 1.47. The molecule has 0 spiro atoms. The van der Waals surface area contributed by atoms with Crippen molar-refractivity contribution in [2.24, 2.45) is 0 Å². The monoisotopic (exact) mass is 480 g/mol. The maximum Gasteiger partial charge on any atom is -0.00241 e. The summed E-state index contributed by atoms with van der Waals surface area (Å²) in [5.41, 5.74) is 5.23. The van der Waals surface area contributed by atoms with Crippen LogP contribution in [0.15, 0.2) is 147 Å². The first-order valence-electron chi connectivity index (χ1n) is 12.6. The van der Waals surface area contributed by atoms with Crippen LogP contribution in [0.25, 0.3) is 43.4 Å². The molecule has 0 aliphatic carbocycles. The third kappa shape index (κ3) is 6.84. The smallest absolute Gasteiger partial charge is 0.00241 e. The van der Waals surface area contributed by atoms with Crippen molar-refractivity contribution in [3.05, 3.63) is 158 Å². The average molecular weight is 481 g/mol. The number of aryl methyl sites for hydroxylation is 2. The van der Waals surface area contributed by atoms with Crippen molar-refractivity contribution < 1.29 is 0 Å². The molecule has 0 aliphatic rings. The molecule has 0 N–H and O–H groups in total. The molecule has 0 heteroatoms.